The third-order valence-corrected chi connectivity index (χ3v) is 4.41. The molecule has 20 heavy (non-hydrogen) atoms. The van der Waals surface area contributed by atoms with E-state index >= 15 is 0 Å². The van der Waals surface area contributed by atoms with E-state index in [1.165, 1.54) is 12.1 Å². The van der Waals surface area contributed by atoms with E-state index in [2.05, 4.69) is 15.9 Å². The highest BCUT2D eigenvalue weighted by Gasteiger charge is 2.32. The van der Waals surface area contributed by atoms with Crippen LogP contribution in [-0.4, -0.2) is 27.7 Å². The lowest BCUT2D eigenvalue weighted by Gasteiger charge is -2.31. The molecule has 0 spiro atoms. The predicted molar refractivity (Wildman–Crippen MR) is 82.2 cm³/mol. The molecule has 2 rings (SSSR count). The van der Waals surface area contributed by atoms with Gasteiger partial charge in [0.25, 0.3) is 6.43 Å². The Bertz CT molecular complexity index is 565. The summed E-state index contributed by atoms with van der Waals surface area (Å²) >= 11 is 5.04. The number of allylic oxidation sites excluding steroid dienone is 1. The van der Waals surface area contributed by atoms with Crippen molar-refractivity contribution in [1.82, 2.24) is 4.90 Å². The molecule has 0 fully saturated rings. The fourth-order valence-electron chi connectivity index (χ4n) is 1.99. The van der Waals surface area contributed by atoms with Crippen molar-refractivity contribution < 1.29 is 18.0 Å². The highest BCUT2D eigenvalue weighted by molar-refractivity contribution is 14.1. The molecule has 1 heterocycles. The summed E-state index contributed by atoms with van der Waals surface area (Å²) in [7, 11) is 0. The Morgan fingerprint density at radius 3 is 2.75 bits per heavy atom. The van der Waals surface area contributed by atoms with Gasteiger partial charge in [-0.3, -0.25) is 4.79 Å². The van der Waals surface area contributed by atoms with Gasteiger partial charge in [0.05, 0.1) is 16.2 Å². The van der Waals surface area contributed by atoms with Crippen LogP contribution in [0.3, 0.4) is 0 Å². The number of alkyl halides is 3. The van der Waals surface area contributed by atoms with Gasteiger partial charge in [0.1, 0.15) is 5.82 Å². The van der Waals surface area contributed by atoms with E-state index in [0.717, 1.165) is 4.90 Å². The minimum Gasteiger partial charge on any atom is -0.305 e. The van der Waals surface area contributed by atoms with E-state index in [1.807, 2.05) is 22.6 Å². The predicted octanol–water partition coefficient (Wildman–Crippen LogP) is 4.23. The van der Waals surface area contributed by atoms with E-state index < -0.39 is 28.6 Å². The van der Waals surface area contributed by atoms with Crippen molar-refractivity contribution in [3.63, 3.8) is 0 Å². The van der Waals surface area contributed by atoms with E-state index in [9.17, 15) is 18.0 Å². The Morgan fingerprint density at radius 1 is 1.45 bits per heavy atom. The summed E-state index contributed by atoms with van der Waals surface area (Å²) in [6.45, 7) is -0.723. The Hall–Kier alpha value is -0.570. The summed E-state index contributed by atoms with van der Waals surface area (Å²) in [5, 5.41) is 0. The minimum atomic E-state index is -2.66. The fraction of sp³-hybridized carbons (Fsp3) is 0.308. The van der Waals surface area contributed by atoms with Crippen molar-refractivity contribution in [3.05, 3.63) is 40.1 Å². The van der Waals surface area contributed by atoms with Crippen LogP contribution in [0.4, 0.5) is 13.2 Å². The molecule has 0 radical (unpaired) electrons. The molecule has 1 unspecified atom stereocenters. The average Bonchev–Trinajstić information content (AvgIpc) is 2.36. The van der Waals surface area contributed by atoms with Gasteiger partial charge in [-0.05, 0) is 24.6 Å². The highest BCUT2D eigenvalue weighted by atomic mass is 127. The first kappa shape index (κ1) is 15.8. The van der Waals surface area contributed by atoms with E-state index in [1.54, 1.807) is 12.1 Å². The van der Waals surface area contributed by atoms with Crippen molar-refractivity contribution in [1.29, 1.82) is 0 Å². The van der Waals surface area contributed by atoms with Crippen LogP contribution in [0.25, 0.3) is 5.70 Å². The van der Waals surface area contributed by atoms with Crippen molar-refractivity contribution in [3.8, 4) is 0 Å². The van der Waals surface area contributed by atoms with Crippen LogP contribution in [0, 0.1) is 5.82 Å². The van der Waals surface area contributed by atoms with Crippen LogP contribution < -0.4 is 0 Å². The second-order valence-corrected chi connectivity index (χ2v) is 6.68. The van der Waals surface area contributed by atoms with Gasteiger partial charge < -0.3 is 4.90 Å². The number of halogens is 5. The maximum Gasteiger partial charge on any atom is 0.256 e. The molecule has 1 atom stereocenters. The molecule has 108 valence electrons. The molecular formula is C13H10BrF3INO. The number of benzene rings is 1. The van der Waals surface area contributed by atoms with Gasteiger partial charge in [-0.1, -0.05) is 44.6 Å². The van der Waals surface area contributed by atoms with Crippen molar-refractivity contribution in [2.45, 2.75) is 16.8 Å². The zero-order chi connectivity index (χ0) is 14.9. The minimum absolute atomic E-state index is 0.158. The van der Waals surface area contributed by atoms with Gasteiger partial charge in [0, 0.05) is 10.0 Å². The van der Waals surface area contributed by atoms with Crippen molar-refractivity contribution >= 4 is 50.1 Å². The second kappa shape index (κ2) is 6.46. The molecule has 0 N–H and O–H groups in total. The lowest BCUT2D eigenvalue weighted by molar-refractivity contribution is -0.128. The quantitative estimate of drug-likeness (QED) is 0.489. The molecule has 0 bridgehead atoms. The van der Waals surface area contributed by atoms with E-state index in [4.69, 9.17) is 0 Å². The van der Waals surface area contributed by atoms with E-state index in [0.29, 0.717) is 10.9 Å². The van der Waals surface area contributed by atoms with Crippen LogP contribution in [-0.2, 0) is 4.79 Å². The third kappa shape index (κ3) is 3.36. The Balaban J connectivity index is 2.43. The molecule has 1 aromatic carbocycles. The first-order valence-electron chi connectivity index (χ1n) is 5.79. The molecule has 2 nitrogen and oxygen atoms in total. The zero-order valence-corrected chi connectivity index (χ0v) is 13.9. The molecular weight excluding hydrogens is 450 g/mol. The summed E-state index contributed by atoms with van der Waals surface area (Å²) in [6.07, 6.45) is -0.625. The maximum atomic E-state index is 14.0. The molecule has 0 aliphatic carbocycles. The monoisotopic (exact) mass is 459 g/mol. The third-order valence-electron chi connectivity index (χ3n) is 2.87. The van der Waals surface area contributed by atoms with Crippen molar-refractivity contribution in [2.24, 2.45) is 0 Å². The van der Waals surface area contributed by atoms with Crippen molar-refractivity contribution in [2.75, 3.05) is 6.54 Å². The molecule has 1 aromatic rings. The SMILES string of the molecule is O=C1C(I)CC=C(c2ccc(Br)cc2F)N1CC(F)F. The smallest absolute Gasteiger partial charge is 0.256 e. The molecule has 0 saturated heterocycles. The number of nitrogens with zero attached hydrogens (tertiary/aromatic N) is 1. The number of carbonyl (C=O) groups excluding carboxylic acids is 1. The topological polar surface area (TPSA) is 20.3 Å². The normalized spacial score (nSPS) is 19.5. The highest BCUT2D eigenvalue weighted by Crippen LogP contribution is 2.31. The molecule has 0 saturated carbocycles. The molecule has 7 heteroatoms. The average molecular weight is 460 g/mol. The molecule has 0 aromatic heterocycles. The molecule has 1 aliphatic heterocycles. The summed E-state index contributed by atoms with van der Waals surface area (Å²) in [5.41, 5.74) is 0.374. The largest absolute Gasteiger partial charge is 0.305 e. The summed E-state index contributed by atoms with van der Waals surface area (Å²) in [5.74, 6) is -0.963. The summed E-state index contributed by atoms with van der Waals surface area (Å²) in [6, 6.07) is 4.34. The van der Waals surface area contributed by atoms with Crippen LogP contribution in [0.15, 0.2) is 28.7 Å². The number of rotatable bonds is 3. The zero-order valence-electron chi connectivity index (χ0n) is 10.1. The van der Waals surface area contributed by atoms with Gasteiger partial charge in [0.2, 0.25) is 5.91 Å². The van der Waals surface area contributed by atoms with Gasteiger partial charge >= 0.3 is 0 Å². The van der Waals surface area contributed by atoms with Gasteiger partial charge in [-0.2, -0.15) is 0 Å². The standard InChI is InChI=1S/C13H10BrF3INO/c14-7-1-2-8(9(15)5-7)11-4-3-10(18)13(20)19(11)6-12(16)17/h1-2,4-5,10,12H,3,6H2. The first-order chi connectivity index (χ1) is 9.40. The first-order valence-corrected chi connectivity index (χ1v) is 7.83. The van der Waals surface area contributed by atoms with Crippen LogP contribution in [0.5, 0.6) is 0 Å². The van der Waals surface area contributed by atoms with Gasteiger partial charge in [-0.15, -0.1) is 0 Å². The summed E-state index contributed by atoms with van der Waals surface area (Å²) < 4.78 is 39.4. The fourth-order valence-corrected chi connectivity index (χ4v) is 2.92. The van der Waals surface area contributed by atoms with Crippen LogP contribution in [0.1, 0.15) is 12.0 Å². The Labute approximate surface area is 136 Å². The number of hydrogen-bond donors (Lipinski definition) is 0. The number of amides is 1. The number of hydrogen-bond acceptors (Lipinski definition) is 1. The van der Waals surface area contributed by atoms with Crippen LogP contribution in [0.2, 0.25) is 0 Å². The second-order valence-electron chi connectivity index (χ2n) is 4.26. The van der Waals surface area contributed by atoms with Gasteiger partial charge in [0.15, 0.2) is 0 Å². The Morgan fingerprint density at radius 2 is 2.15 bits per heavy atom. The van der Waals surface area contributed by atoms with Gasteiger partial charge in [-0.25, -0.2) is 13.2 Å². The maximum absolute atomic E-state index is 14.0. The molecule has 1 aliphatic rings. The lowest BCUT2D eigenvalue weighted by atomic mass is 10.0. The summed E-state index contributed by atoms with van der Waals surface area (Å²) in [4.78, 5) is 13.0. The molecule has 1 amide bonds. The lowest BCUT2D eigenvalue weighted by Crippen LogP contribution is -2.41. The Kier molecular flexibility index (Phi) is 5.11. The number of carbonyl (C=O) groups is 1. The van der Waals surface area contributed by atoms with E-state index in [-0.39, 0.29) is 11.3 Å². The van der Waals surface area contributed by atoms with Crippen LogP contribution >= 0.6 is 38.5 Å².